The molecule has 0 bridgehead atoms. The van der Waals surface area contributed by atoms with Crippen molar-refractivity contribution in [3.63, 3.8) is 0 Å². The molecule has 2 N–H and O–H groups in total. The Labute approximate surface area is 138 Å². The number of hydrogen-bond donors (Lipinski definition) is 1. The molecule has 116 valence electrons. The summed E-state index contributed by atoms with van der Waals surface area (Å²) in [7, 11) is 0. The third kappa shape index (κ3) is 3.14. The molecule has 1 nitrogen and oxygen atoms in total. The van der Waals surface area contributed by atoms with E-state index in [0.717, 1.165) is 5.69 Å². The Kier molecular flexibility index (Phi) is 3.96. The maximum Gasteiger partial charge on any atom is 0.0314 e. The van der Waals surface area contributed by atoms with Crippen LogP contribution in [-0.2, 0) is 5.41 Å². The highest BCUT2D eigenvalue weighted by molar-refractivity contribution is 5.86. The topological polar surface area (TPSA) is 26.0 Å². The van der Waals surface area contributed by atoms with E-state index in [1.54, 1.807) is 0 Å². The smallest absolute Gasteiger partial charge is 0.0314 e. The first-order chi connectivity index (χ1) is 11.0. The fourth-order valence-electron chi connectivity index (χ4n) is 3.00. The molecule has 0 atom stereocenters. The summed E-state index contributed by atoms with van der Waals surface area (Å²) < 4.78 is 0. The molecule has 0 radical (unpaired) electrons. The van der Waals surface area contributed by atoms with Gasteiger partial charge >= 0.3 is 0 Å². The van der Waals surface area contributed by atoms with Crippen molar-refractivity contribution in [1.29, 1.82) is 0 Å². The van der Waals surface area contributed by atoms with Crippen LogP contribution in [0.1, 0.15) is 26.3 Å². The molecular weight excluding hydrogens is 278 g/mol. The van der Waals surface area contributed by atoms with E-state index in [4.69, 9.17) is 5.73 Å². The van der Waals surface area contributed by atoms with E-state index < -0.39 is 0 Å². The zero-order valence-electron chi connectivity index (χ0n) is 14.0. The molecule has 0 aliphatic heterocycles. The molecule has 0 saturated carbocycles. The van der Waals surface area contributed by atoms with E-state index in [1.807, 2.05) is 12.1 Å². The quantitative estimate of drug-likeness (QED) is 0.586. The molecule has 3 aromatic carbocycles. The first kappa shape index (κ1) is 15.4. The van der Waals surface area contributed by atoms with Crippen LogP contribution < -0.4 is 5.73 Å². The van der Waals surface area contributed by atoms with Crippen LogP contribution in [0.4, 0.5) is 5.69 Å². The largest absolute Gasteiger partial charge is 0.399 e. The van der Waals surface area contributed by atoms with E-state index in [2.05, 4.69) is 81.4 Å². The van der Waals surface area contributed by atoms with Crippen molar-refractivity contribution < 1.29 is 0 Å². The number of anilines is 1. The van der Waals surface area contributed by atoms with Gasteiger partial charge in [-0.15, -0.1) is 0 Å². The fraction of sp³-hybridized carbons (Fsp3) is 0.182. The summed E-state index contributed by atoms with van der Waals surface area (Å²) in [5, 5.41) is 0. The molecular formula is C22H23N. The Bertz CT molecular complexity index is 794. The van der Waals surface area contributed by atoms with Crippen LogP contribution in [-0.4, -0.2) is 0 Å². The van der Waals surface area contributed by atoms with Gasteiger partial charge in [0.15, 0.2) is 0 Å². The third-order valence-electron chi connectivity index (χ3n) is 4.16. The van der Waals surface area contributed by atoms with Crippen molar-refractivity contribution in [2.24, 2.45) is 0 Å². The average Bonchev–Trinajstić information content (AvgIpc) is 2.55. The van der Waals surface area contributed by atoms with Crippen LogP contribution in [0.3, 0.4) is 0 Å². The molecule has 0 amide bonds. The first-order valence-corrected chi connectivity index (χ1v) is 8.01. The van der Waals surface area contributed by atoms with Gasteiger partial charge in [0.05, 0.1) is 0 Å². The molecule has 1 heteroatoms. The Hall–Kier alpha value is -2.54. The summed E-state index contributed by atoms with van der Waals surface area (Å²) in [6.45, 7) is 6.79. The average molecular weight is 301 g/mol. The molecule has 0 aliphatic rings. The molecule has 0 unspecified atom stereocenters. The number of nitrogen functional groups attached to an aromatic ring is 1. The van der Waals surface area contributed by atoms with Crippen LogP contribution in [0.5, 0.6) is 0 Å². The summed E-state index contributed by atoms with van der Waals surface area (Å²) >= 11 is 0. The second-order valence-corrected chi connectivity index (χ2v) is 6.97. The number of nitrogens with two attached hydrogens (primary N) is 1. The normalized spacial score (nSPS) is 11.4. The summed E-state index contributed by atoms with van der Waals surface area (Å²) in [5.41, 5.74) is 13.1. The molecule has 0 saturated heterocycles. The lowest BCUT2D eigenvalue weighted by molar-refractivity contribution is 0.592. The van der Waals surface area contributed by atoms with Crippen LogP contribution >= 0.6 is 0 Å². The lowest BCUT2D eigenvalue weighted by Gasteiger charge is -2.25. The van der Waals surface area contributed by atoms with Crippen molar-refractivity contribution >= 4 is 5.69 Å². The summed E-state index contributed by atoms with van der Waals surface area (Å²) in [4.78, 5) is 0. The first-order valence-electron chi connectivity index (χ1n) is 8.01. The lowest BCUT2D eigenvalue weighted by atomic mass is 9.79. The van der Waals surface area contributed by atoms with E-state index in [-0.39, 0.29) is 5.41 Å². The number of benzene rings is 3. The zero-order valence-corrected chi connectivity index (χ0v) is 14.0. The van der Waals surface area contributed by atoms with Gasteiger partial charge in [-0.2, -0.15) is 0 Å². The van der Waals surface area contributed by atoms with Gasteiger partial charge in [0.25, 0.3) is 0 Å². The SMILES string of the molecule is CC(C)(C)c1cccc(-c2ccccc2)c1-c1ccc(N)cc1. The number of rotatable bonds is 2. The maximum atomic E-state index is 5.88. The Morgan fingerprint density at radius 1 is 0.652 bits per heavy atom. The maximum absolute atomic E-state index is 5.88. The Balaban J connectivity index is 2.31. The number of hydrogen-bond acceptors (Lipinski definition) is 1. The van der Waals surface area contributed by atoms with Crippen LogP contribution in [0, 0.1) is 0 Å². The predicted molar refractivity (Wildman–Crippen MR) is 100 cm³/mol. The van der Waals surface area contributed by atoms with E-state index in [1.165, 1.54) is 27.8 Å². The molecule has 23 heavy (non-hydrogen) atoms. The van der Waals surface area contributed by atoms with Crippen LogP contribution in [0.15, 0.2) is 72.8 Å². The van der Waals surface area contributed by atoms with Gasteiger partial charge in [-0.05, 0) is 45.4 Å². The highest BCUT2D eigenvalue weighted by Crippen LogP contribution is 2.40. The summed E-state index contributed by atoms with van der Waals surface area (Å²) in [6, 6.07) is 25.4. The van der Waals surface area contributed by atoms with E-state index in [9.17, 15) is 0 Å². The molecule has 0 fully saturated rings. The van der Waals surface area contributed by atoms with Crippen molar-refractivity contribution in [1.82, 2.24) is 0 Å². The third-order valence-corrected chi connectivity index (χ3v) is 4.16. The van der Waals surface area contributed by atoms with Crippen molar-refractivity contribution in [2.75, 3.05) is 5.73 Å². The minimum Gasteiger partial charge on any atom is -0.399 e. The molecule has 3 rings (SSSR count). The Morgan fingerprint density at radius 3 is 1.91 bits per heavy atom. The minimum atomic E-state index is 0.0709. The van der Waals surface area contributed by atoms with Gasteiger partial charge in [0.1, 0.15) is 0 Å². The van der Waals surface area contributed by atoms with Crippen molar-refractivity contribution in [3.8, 4) is 22.3 Å². The van der Waals surface area contributed by atoms with Crippen LogP contribution in [0.2, 0.25) is 0 Å². The van der Waals surface area contributed by atoms with E-state index in [0.29, 0.717) is 0 Å². The molecule has 0 heterocycles. The zero-order chi connectivity index (χ0) is 16.4. The van der Waals surface area contributed by atoms with Gasteiger partial charge in [-0.25, -0.2) is 0 Å². The highest BCUT2D eigenvalue weighted by atomic mass is 14.5. The second-order valence-electron chi connectivity index (χ2n) is 6.97. The standard InChI is InChI=1S/C22H23N/c1-22(2,3)20-11-7-10-19(16-8-5-4-6-9-16)21(20)17-12-14-18(23)15-13-17/h4-15H,23H2,1-3H3. The lowest BCUT2D eigenvalue weighted by Crippen LogP contribution is -2.13. The highest BCUT2D eigenvalue weighted by Gasteiger charge is 2.21. The van der Waals surface area contributed by atoms with E-state index >= 15 is 0 Å². The molecule has 0 aromatic heterocycles. The fourth-order valence-corrected chi connectivity index (χ4v) is 3.00. The monoisotopic (exact) mass is 301 g/mol. The van der Waals surface area contributed by atoms with Gasteiger partial charge in [-0.3, -0.25) is 0 Å². The second kappa shape index (κ2) is 5.92. The Morgan fingerprint density at radius 2 is 1.30 bits per heavy atom. The summed E-state index contributed by atoms with van der Waals surface area (Å²) in [6.07, 6.45) is 0. The van der Waals surface area contributed by atoms with Crippen molar-refractivity contribution in [2.45, 2.75) is 26.2 Å². The van der Waals surface area contributed by atoms with Gasteiger partial charge in [0, 0.05) is 5.69 Å². The van der Waals surface area contributed by atoms with Gasteiger partial charge in [0.2, 0.25) is 0 Å². The van der Waals surface area contributed by atoms with Crippen molar-refractivity contribution in [3.05, 3.63) is 78.4 Å². The van der Waals surface area contributed by atoms with Gasteiger partial charge < -0.3 is 5.73 Å². The minimum absolute atomic E-state index is 0.0709. The summed E-state index contributed by atoms with van der Waals surface area (Å²) in [5.74, 6) is 0. The molecule has 3 aromatic rings. The molecule has 0 aliphatic carbocycles. The predicted octanol–water partition coefficient (Wildman–Crippen LogP) is 5.90. The van der Waals surface area contributed by atoms with Crippen LogP contribution in [0.25, 0.3) is 22.3 Å². The molecule has 0 spiro atoms. The van der Waals surface area contributed by atoms with Gasteiger partial charge in [-0.1, -0.05) is 81.4 Å².